The zero-order valence-corrected chi connectivity index (χ0v) is 16.9. The Morgan fingerprint density at radius 2 is 2.00 bits per heavy atom. The lowest BCUT2D eigenvalue weighted by molar-refractivity contribution is -0.119. The summed E-state index contributed by atoms with van der Waals surface area (Å²) in [6, 6.07) is 7.28. The largest absolute Gasteiger partial charge is 0.379 e. The molecule has 1 unspecified atom stereocenters. The lowest BCUT2D eigenvalue weighted by Gasteiger charge is -2.26. The maximum Gasteiger partial charge on any atom is 0.321 e. The molecule has 8 nitrogen and oxygen atoms in total. The zero-order chi connectivity index (χ0) is 19.9. The first-order valence-electron chi connectivity index (χ1n) is 9.38. The number of nitrogens with one attached hydrogen (secondary N) is 2. The molecule has 1 aromatic heterocycles. The van der Waals surface area contributed by atoms with E-state index in [1.165, 1.54) is 11.8 Å². The second-order valence-corrected chi connectivity index (χ2v) is 7.79. The fourth-order valence-corrected chi connectivity index (χ4v) is 3.81. The summed E-state index contributed by atoms with van der Waals surface area (Å²) >= 11 is 1.33. The van der Waals surface area contributed by atoms with Crippen molar-refractivity contribution in [3.63, 3.8) is 0 Å². The van der Waals surface area contributed by atoms with Gasteiger partial charge < -0.3 is 10.1 Å². The van der Waals surface area contributed by atoms with E-state index in [4.69, 9.17) is 9.72 Å². The monoisotopic (exact) mass is 403 g/mol. The van der Waals surface area contributed by atoms with Crippen LogP contribution >= 0.6 is 11.8 Å². The van der Waals surface area contributed by atoms with Crippen LogP contribution in [0.15, 0.2) is 29.3 Å². The number of hydrogen-bond acceptors (Lipinski definition) is 7. The molecule has 150 valence electrons. The molecule has 0 bridgehead atoms. The smallest absolute Gasteiger partial charge is 0.321 e. The van der Waals surface area contributed by atoms with Crippen molar-refractivity contribution in [3.8, 4) is 0 Å². The van der Waals surface area contributed by atoms with Crippen LogP contribution in [0.25, 0.3) is 10.9 Å². The number of imide groups is 1. The van der Waals surface area contributed by atoms with Gasteiger partial charge in [-0.25, -0.2) is 14.8 Å². The molecule has 1 saturated heterocycles. The van der Waals surface area contributed by atoms with E-state index in [1.807, 2.05) is 24.3 Å². The molecule has 9 heteroatoms. The van der Waals surface area contributed by atoms with E-state index in [2.05, 4.69) is 20.5 Å². The van der Waals surface area contributed by atoms with E-state index in [1.54, 1.807) is 13.8 Å². The molecule has 28 heavy (non-hydrogen) atoms. The number of para-hydroxylation sites is 1. The summed E-state index contributed by atoms with van der Waals surface area (Å²) in [5.74, 6) is 0.368. The van der Waals surface area contributed by atoms with Gasteiger partial charge in [0.2, 0.25) is 5.91 Å². The third-order valence-corrected chi connectivity index (χ3v) is 5.42. The van der Waals surface area contributed by atoms with Gasteiger partial charge in [-0.1, -0.05) is 30.0 Å². The van der Waals surface area contributed by atoms with Crippen LogP contribution in [0.1, 0.15) is 19.7 Å². The van der Waals surface area contributed by atoms with Gasteiger partial charge in [-0.15, -0.1) is 0 Å². The van der Waals surface area contributed by atoms with Crippen molar-refractivity contribution in [2.24, 2.45) is 0 Å². The number of amides is 3. The number of urea groups is 1. The van der Waals surface area contributed by atoms with Crippen LogP contribution in [0.2, 0.25) is 0 Å². The highest BCUT2D eigenvalue weighted by molar-refractivity contribution is 8.00. The average molecular weight is 404 g/mol. The number of ether oxygens (including phenoxy) is 1. The Labute approximate surface area is 168 Å². The molecule has 0 radical (unpaired) electrons. The number of aromatic nitrogens is 2. The summed E-state index contributed by atoms with van der Waals surface area (Å²) in [5.41, 5.74) is 0.847. The molecular formula is C19H25N5O3S. The Bertz CT molecular complexity index is 841. The van der Waals surface area contributed by atoms with Crippen LogP contribution in [0.3, 0.4) is 0 Å². The Hall–Kier alpha value is -2.23. The number of benzene rings is 1. The molecule has 0 spiro atoms. The predicted octanol–water partition coefficient (Wildman–Crippen LogP) is 1.79. The highest BCUT2D eigenvalue weighted by atomic mass is 32.2. The zero-order valence-electron chi connectivity index (χ0n) is 16.1. The Morgan fingerprint density at radius 3 is 2.75 bits per heavy atom. The van der Waals surface area contributed by atoms with Crippen LogP contribution in [-0.4, -0.2) is 64.9 Å². The number of nitrogens with zero attached hydrogens (tertiary/aromatic N) is 3. The van der Waals surface area contributed by atoms with Crippen molar-refractivity contribution >= 4 is 34.6 Å². The average Bonchev–Trinajstić information content (AvgIpc) is 2.69. The van der Waals surface area contributed by atoms with Crippen LogP contribution in [0.4, 0.5) is 4.79 Å². The Morgan fingerprint density at radius 1 is 1.25 bits per heavy atom. The van der Waals surface area contributed by atoms with Crippen molar-refractivity contribution in [3.05, 3.63) is 30.1 Å². The van der Waals surface area contributed by atoms with Gasteiger partial charge in [0.15, 0.2) is 0 Å². The molecule has 3 rings (SSSR count). The van der Waals surface area contributed by atoms with Crippen LogP contribution in [0.5, 0.6) is 0 Å². The SMILES string of the molecule is CCNC(=O)NC(=O)C(C)Sc1nc(CN2CCOCC2)nc2ccccc12. The van der Waals surface area contributed by atoms with Gasteiger partial charge in [-0.2, -0.15) is 0 Å². The minimum absolute atomic E-state index is 0.353. The summed E-state index contributed by atoms with van der Waals surface area (Å²) in [7, 11) is 0. The van der Waals surface area contributed by atoms with Gasteiger partial charge in [0.25, 0.3) is 0 Å². The topological polar surface area (TPSA) is 96.5 Å². The third kappa shape index (κ3) is 5.40. The Kier molecular flexibility index (Phi) is 7.18. The number of thioether (sulfide) groups is 1. The molecule has 0 aliphatic carbocycles. The molecule has 1 aromatic carbocycles. The predicted molar refractivity (Wildman–Crippen MR) is 108 cm³/mol. The number of carbonyl (C=O) groups is 2. The number of morpholine rings is 1. The fourth-order valence-electron chi connectivity index (χ4n) is 2.85. The number of carbonyl (C=O) groups excluding carboxylic acids is 2. The summed E-state index contributed by atoms with van der Waals surface area (Å²) in [5, 5.41) is 6.08. The second-order valence-electron chi connectivity index (χ2n) is 6.46. The number of rotatable bonds is 6. The van der Waals surface area contributed by atoms with Crippen LogP contribution < -0.4 is 10.6 Å². The lowest BCUT2D eigenvalue weighted by Crippen LogP contribution is -2.42. The molecule has 1 aliphatic heterocycles. The summed E-state index contributed by atoms with van der Waals surface area (Å²) in [4.78, 5) is 35.6. The molecule has 3 amide bonds. The van der Waals surface area contributed by atoms with Crippen molar-refractivity contribution in [1.82, 2.24) is 25.5 Å². The third-order valence-electron chi connectivity index (χ3n) is 4.32. The molecule has 1 aliphatic rings. The summed E-state index contributed by atoms with van der Waals surface area (Å²) in [6.45, 7) is 7.79. The standard InChI is InChI=1S/C19H25N5O3S/c1-3-20-19(26)23-17(25)13(2)28-18-14-6-4-5-7-15(14)21-16(22-18)12-24-8-10-27-11-9-24/h4-7,13H,3,8-12H2,1-2H3,(H2,20,23,25,26). The maximum absolute atomic E-state index is 12.3. The molecular weight excluding hydrogens is 378 g/mol. The first-order chi connectivity index (χ1) is 13.6. The van der Waals surface area contributed by atoms with Gasteiger partial charge in [0, 0.05) is 25.0 Å². The van der Waals surface area contributed by atoms with Crippen molar-refractivity contribution in [1.29, 1.82) is 0 Å². The van der Waals surface area contributed by atoms with E-state index >= 15 is 0 Å². The van der Waals surface area contributed by atoms with Crippen LogP contribution in [0, 0.1) is 0 Å². The first-order valence-corrected chi connectivity index (χ1v) is 10.3. The van der Waals surface area contributed by atoms with Crippen LogP contribution in [-0.2, 0) is 16.1 Å². The van der Waals surface area contributed by atoms with Gasteiger partial charge in [-0.05, 0) is 19.9 Å². The van der Waals surface area contributed by atoms with E-state index in [9.17, 15) is 9.59 Å². The molecule has 0 saturated carbocycles. The fraction of sp³-hybridized carbons (Fsp3) is 0.474. The van der Waals surface area contributed by atoms with E-state index in [-0.39, 0.29) is 5.91 Å². The van der Waals surface area contributed by atoms with Gasteiger partial charge >= 0.3 is 6.03 Å². The quantitative estimate of drug-likeness (QED) is 0.561. The van der Waals surface area contributed by atoms with Gasteiger partial charge in [-0.3, -0.25) is 15.0 Å². The number of fused-ring (bicyclic) bond motifs is 1. The van der Waals surface area contributed by atoms with Gasteiger partial charge in [0.1, 0.15) is 10.9 Å². The van der Waals surface area contributed by atoms with E-state index in [0.29, 0.717) is 26.3 Å². The Balaban J connectivity index is 1.78. The molecule has 2 aromatic rings. The van der Waals surface area contributed by atoms with E-state index < -0.39 is 11.3 Å². The summed E-state index contributed by atoms with van der Waals surface area (Å²) in [6.07, 6.45) is 0. The minimum atomic E-state index is -0.486. The second kappa shape index (κ2) is 9.81. The van der Waals surface area contributed by atoms with Crippen molar-refractivity contribution in [2.45, 2.75) is 30.7 Å². The molecule has 2 heterocycles. The molecule has 1 atom stereocenters. The lowest BCUT2D eigenvalue weighted by atomic mass is 10.2. The normalized spacial score (nSPS) is 15.9. The van der Waals surface area contributed by atoms with Gasteiger partial charge in [0.05, 0.1) is 30.5 Å². The van der Waals surface area contributed by atoms with E-state index in [0.717, 1.165) is 34.8 Å². The first kappa shape index (κ1) is 20.5. The molecule has 1 fully saturated rings. The van der Waals surface area contributed by atoms with Crippen molar-refractivity contribution < 1.29 is 14.3 Å². The minimum Gasteiger partial charge on any atom is -0.379 e. The highest BCUT2D eigenvalue weighted by Crippen LogP contribution is 2.29. The van der Waals surface area contributed by atoms with Crippen molar-refractivity contribution in [2.75, 3.05) is 32.8 Å². The maximum atomic E-state index is 12.3. The highest BCUT2D eigenvalue weighted by Gasteiger charge is 2.20. The molecule has 2 N–H and O–H groups in total. The number of hydrogen-bond donors (Lipinski definition) is 2. The summed E-state index contributed by atoms with van der Waals surface area (Å²) < 4.78 is 5.40.